The minimum absolute atomic E-state index is 0.131. The van der Waals surface area contributed by atoms with Crippen LogP contribution in [0.1, 0.15) is 29.6 Å². The molecule has 1 heterocycles. The molecule has 1 aliphatic heterocycles. The van der Waals surface area contributed by atoms with Gasteiger partial charge in [0.25, 0.3) is 0 Å². The fourth-order valence-corrected chi connectivity index (χ4v) is 4.31. The van der Waals surface area contributed by atoms with E-state index in [1.165, 1.54) is 0 Å². The molecule has 1 unspecified atom stereocenters. The average Bonchev–Trinajstić information content (AvgIpc) is 2.91. The molecule has 0 bridgehead atoms. The van der Waals surface area contributed by atoms with Crippen molar-refractivity contribution in [3.05, 3.63) is 28.0 Å². The van der Waals surface area contributed by atoms with Gasteiger partial charge in [0.15, 0.2) is 15.7 Å². The van der Waals surface area contributed by atoms with Gasteiger partial charge < -0.3 is 9.84 Å². The molecule has 1 saturated heterocycles. The number of hydrogen-bond donors (Lipinski definition) is 1. The first-order valence-electron chi connectivity index (χ1n) is 6.38. The smallest absolute Gasteiger partial charge is 0.338 e. The number of benzene rings is 1. The lowest BCUT2D eigenvalue weighted by molar-refractivity contribution is 0.0691. The molecule has 1 atom stereocenters. The van der Waals surface area contributed by atoms with E-state index in [1.54, 1.807) is 0 Å². The van der Waals surface area contributed by atoms with Crippen LogP contribution in [0.2, 0.25) is 0 Å². The topological polar surface area (TPSA) is 80.7 Å². The predicted octanol–water partition coefficient (Wildman–Crippen LogP) is 2.63. The van der Waals surface area contributed by atoms with Gasteiger partial charge in [0.1, 0.15) is 4.90 Å². The van der Waals surface area contributed by atoms with Crippen LogP contribution < -0.4 is 0 Å². The second-order valence-electron chi connectivity index (χ2n) is 4.81. The number of ether oxygens (including phenoxy) is 1. The lowest BCUT2D eigenvalue weighted by Crippen LogP contribution is -2.17. The van der Waals surface area contributed by atoms with Gasteiger partial charge in [0.2, 0.25) is 0 Å². The highest BCUT2D eigenvalue weighted by molar-refractivity contribution is 9.10. The van der Waals surface area contributed by atoms with E-state index in [0.29, 0.717) is 6.61 Å². The maximum atomic E-state index is 14.1. The second kappa shape index (κ2) is 6.41. The van der Waals surface area contributed by atoms with Crippen molar-refractivity contribution in [2.45, 2.75) is 30.3 Å². The van der Waals surface area contributed by atoms with Crippen molar-refractivity contribution in [2.75, 3.05) is 12.4 Å². The molecule has 0 saturated carbocycles. The fraction of sp³-hybridized carbons (Fsp3) is 0.462. The van der Waals surface area contributed by atoms with Crippen molar-refractivity contribution < 1.29 is 27.4 Å². The van der Waals surface area contributed by atoms with Crippen LogP contribution in [0.15, 0.2) is 21.5 Å². The molecular formula is C13H14BrFO5S. The Morgan fingerprint density at radius 1 is 1.48 bits per heavy atom. The molecule has 0 aliphatic carbocycles. The Balaban J connectivity index is 2.28. The summed E-state index contributed by atoms with van der Waals surface area (Å²) in [4.78, 5) is 10.4. The van der Waals surface area contributed by atoms with Gasteiger partial charge in [-0.05, 0) is 31.4 Å². The third-order valence-corrected chi connectivity index (χ3v) is 5.50. The molecule has 5 nitrogen and oxygen atoms in total. The van der Waals surface area contributed by atoms with E-state index in [2.05, 4.69) is 15.9 Å². The zero-order valence-electron chi connectivity index (χ0n) is 11.0. The van der Waals surface area contributed by atoms with Gasteiger partial charge in [-0.25, -0.2) is 17.6 Å². The largest absolute Gasteiger partial charge is 0.478 e. The molecule has 0 aromatic heterocycles. The molecule has 116 valence electrons. The minimum Gasteiger partial charge on any atom is -0.478 e. The lowest BCUT2D eigenvalue weighted by atomic mass is 10.2. The molecule has 0 radical (unpaired) electrons. The standard InChI is InChI=1S/C13H14BrFO5S/c14-8-6-10(13(16)17)12(15)11(7-8)21(18,19)5-3-9-2-1-4-20-9/h6-7,9H,1-5H2,(H,16,17). The van der Waals surface area contributed by atoms with Crippen molar-refractivity contribution in [1.29, 1.82) is 0 Å². The van der Waals surface area contributed by atoms with Crippen molar-refractivity contribution in [2.24, 2.45) is 0 Å². The third kappa shape index (κ3) is 3.81. The van der Waals surface area contributed by atoms with Gasteiger partial charge >= 0.3 is 5.97 Å². The van der Waals surface area contributed by atoms with Crippen LogP contribution in [-0.2, 0) is 14.6 Å². The van der Waals surface area contributed by atoms with Crippen LogP contribution >= 0.6 is 15.9 Å². The summed E-state index contributed by atoms with van der Waals surface area (Å²) in [6.07, 6.45) is 1.82. The highest BCUT2D eigenvalue weighted by Crippen LogP contribution is 2.26. The Bertz CT molecular complexity index is 653. The van der Waals surface area contributed by atoms with Crippen molar-refractivity contribution >= 4 is 31.7 Å². The number of sulfone groups is 1. The molecule has 1 fully saturated rings. The maximum absolute atomic E-state index is 14.1. The number of hydrogen-bond acceptors (Lipinski definition) is 4. The molecule has 0 amide bonds. The fourth-order valence-electron chi connectivity index (χ4n) is 2.21. The molecular weight excluding hydrogens is 367 g/mol. The van der Waals surface area contributed by atoms with Gasteiger partial charge in [-0.1, -0.05) is 15.9 Å². The molecule has 8 heteroatoms. The van der Waals surface area contributed by atoms with Crippen molar-refractivity contribution in [1.82, 2.24) is 0 Å². The molecule has 1 aromatic carbocycles. The number of carboxylic acids is 1. The first-order chi connectivity index (χ1) is 9.81. The van der Waals surface area contributed by atoms with Crippen LogP contribution in [0.25, 0.3) is 0 Å². The zero-order valence-corrected chi connectivity index (χ0v) is 13.4. The number of halogens is 2. The molecule has 1 N–H and O–H groups in total. The van der Waals surface area contributed by atoms with Crippen LogP contribution in [-0.4, -0.2) is 38.0 Å². The third-order valence-electron chi connectivity index (χ3n) is 3.30. The van der Waals surface area contributed by atoms with Crippen molar-refractivity contribution in [3.8, 4) is 0 Å². The molecule has 1 aliphatic rings. The molecule has 21 heavy (non-hydrogen) atoms. The van der Waals surface area contributed by atoms with Crippen molar-refractivity contribution in [3.63, 3.8) is 0 Å². The molecule has 1 aromatic rings. The lowest BCUT2D eigenvalue weighted by Gasteiger charge is -2.11. The molecule has 2 rings (SSSR count). The van der Waals surface area contributed by atoms with E-state index in [0.717, 1.165) is 25.0 Å². The Morgan fingerprint density at radius 3 is 2.76 bits per heavy atom. The van der Waals surface area contributed by atoms with E-state index in [-0.39, 0.29) is 22.8 Å². The summed E-state index contributed by atoms with van der Waals surface area (Å²) in [7, 11) is -3.91. The Kier molecular flexibility index (Phi) is 5.00. The Hall–Kier alpha value is -0.990. The summed E-state index contributed by atoms with van der Waals surface area (Å²) in [6, 6.07) is 2.13. The zero-order chi connectivity index (χ0) is 15.6. The number of carbonyl (C=O) groups is 1. The monoisotopic (exact) mass is 380 g/mol. The second-order valence-corrected chi connectivity index (χ2v) is 7.81. The molecule has 0 spiro atoms. The summed E-state index contributed by atoms with van der Waals surface area (Å²) >= 11 is 3.01. The van der Waals surface area contributed by atoms with E-state index < -0.39 is 32.1 Å². The Labute approximate surface area is 130 Å². The average molecular weight is 381 g/mol. The Morgan fingerprint density at radius 2 is 2.19 bits per heavy atom. The van der Waals surface area contributed by atoms with Gasteiger partial charge in [-0.3, -0.25) is 0 Å². The normalized spacial score (nSPS) is 18.9. The van der Waals surface area contributed by atoms with Gasteiger partial charge in [-0.2, -0.15) is 0 Å². The summed E-state index contributed by atoms with van der Waals surface area (Å²) in [5, 5.41) is 8.91. The van der Waals surface area contributed by atoms with Crippen LogP contribution in [0.5, 0.6) is 0 Å². The highest BCUT2D eigenvalue weighted by atomic mass is 79.9. The number of aromatic carboxylic acids is 1. The van der Waals surface area contributed by atoms with E-state index >= 15 is 0 Å². The predicted molar refractivity (Wildman–Crippen MR) is 76.7 cm³/mol. The number of carboxylic acid groups (broad SMARTS) is 1. The van der Waals surface area contributed by atoms with Crippen LogP contribution in [0.3, 0.4) is 0 Å². The van der Waals surface area contributed by atoms with E-state index in [9.17, 15) is 17.6 Å². The van der Waals surface area contributed by atoms with Gasteiger partial charge in [-0.15, -0.1) is 0 Å². The summed E-state index contributed by atoms with van der Waals surface area (Å²) < 4.78 is 44.1. The number of rotatable bonds is 5. The SMILES string of the molecule is O=C(O)c1cc(Br)cc(S(=O)(=O)CCC2CCCO2)c1F. The van der Waals surface area contributed by atoms with Crippen LogP contribution in [0, 0.1) is 5.82 Å². The van der Waals surface area contributed by atoms with Gasteiger partial charge in [0.05, 0.1) is 17.4 Å². The van der Waals surface area contributed by atoms with E-state index in [4.69, 9.17) is 9.84 Å². The highest BCUT2D eigenvalue weighted by Gasteiger charge is 2.27. The first-order valence-corrected chi connectivity index (χ1v) is 8.82. The first kappa shape index (κ1) is 16.4. The minimum atomic E-state index is -3.91. The summed E-state index contributed by atoms with van der Waals surface area (Å²) in [5.41, 5.74) is -0.667. The quantitative estimate of drug-likeness (QED) is 0.848. The van der Waals surface area contributed by atoms with Gasteiger partial charge in [0, 0.05) is 11.1 Å². The van der Waals surface area contributed by atoms with Crippen LogP contribution in [0.4, 0.5) is 4.39 Å². The summed E-state index contributed by atoms with van der Waals surface area (Å²) in [6.45, 7) is 0.610. The maximum Gasteiger partial charge on any atom is 0.338 e. The summed E-state index contributed by atoms with van der Waals surface area (Å²) in [5.74, 6) is -3.01. The van der Waals surface area contributed by atoms with E-state index in [1.807, 2.05) is 0 Å².